The second-order valence-electron chi connectivity index (χ2n) is 6.09. The van der Waals surface area contributed by atoms with Crippen molar-refractivity contribution < 1.29 is 19.5 Å². The van der Waals surface area contributed by atoms with Gasteiger partial charge in [0.05, 0.1) is 16.7 Å². The molecule has 1 unspecified atom stereocenters. The van der Waals surface area contributed by atoms with Gasteiger partial charge in [0.1, 0.15) is 0 Å². The predicted octanol–water partition coefficient (Wildman–Crippen LogP) is 2.42. The number of hydrogen-bond acceptors (Lipinski definition) is 3. The SMILES string of the molecule is CC(N1C(=O)c2ccc(C(=O)O)cc2C1=O)C(C)(C)C. The molecule has 0 saturated heterocycles. The Bertz CT molecular complexity index is 613. The molecule has 0 spiro atoms. The molecule has 0 aromatic heterocycles. The zero-order valence-electron chi connectivity index (χ0n) is 11.9. The minimum atomic E-state index is -1.12. The first-order valence-corrected chi connectivity index (χ1v) is 6.40. The van der Waals surface area contributed by atoms with Crippen LogP contribution in [0.15, 0.2) is 18.2 Å². The Morgan fingerprint density at radius 1 is 1.15 bits per heavy atom. The molecule has 1 atom stereocenters. The van der Waals surface area contributed by atoms with Crippen LogP contribution >= 0.6 is 0 Å². The number of imide groups is 1. The molecule has 5 nitrogen and oxygen atoms in total. The molecule has 1 aliphatic rings. The first-order valence-electron chi connectivity index (χ1n) is 6.40. The van der Waals surface area contributed by atoms with Crippen LogP contribution in [0.2, 0.25) is 0 Å². The van der Waals surface area contributed by atoms with Crippen LogP contribution in [0.1, 0.15) is 58.8 Å². The highest BCUT2D eigenvalue weighted by atomic mass is 16.4. The number of nitrogens with zero attached hydrogens (tertiary/aromatic N) is 1. The van der Waals surface area contributed by atoms with E-state index in [1.54, 1.807) is 0 Å². The lowest BCUT2D eigenvalue weighted by molar-refractivity contribution is 0.0485. The summed E-state index contributed by atoms with van der Waals surface area (Å²) in [6, 6.07) is 3.75. The summed E-state index contributed by atoms with van der Waals surface area (Å²) in [5, 5.41) is 8.96. The van der Waals surface area contributed by atoms with E-state index < -0.39 is 11.9 Å². The summed E-state index contributed by atoms with van der Waals surface area (Å²) in [6.45, 7) is 7.66. The normalized spacial score (nSPS) is 16.3. The number of rotatable bonds is 2. The molecule has 1 N–H and O–H groups in total. The monoisotopic (exact) mass is 275 g/mol. The first kappa shape index (κ1) is 14.2. The summed E-state index contributed by atoms with van der Waals surface area (Å²) in [5.74, 6) is -1.89. The molecule has 0 radical (unpaired) electrons. The lowest BCUT2D eigenvalue weighted by atomic mass is 9.87. The van der Waals surface area contributed by atoms with Gasteiger partial charge in [0.15, 0.2) is 0 Å². The third kappa shape index (κ3) is 2.09. The van der Waals surface area contributed by atoms with Crippen molar-refractivity contribution in [3.63, 3.8) is 0 Å². The molecule has 20 heavy (non-hydrogen) atoms. The summed E-state index contributed by atoms with van der Waals surface area (Å²) in [7, 11) is 0. The first-order chi connectivity index (χ1) is 9.14. The Kier molecular flexibility index (Phi) is 3.16. The molecular formula is C15H17NO4. The Labute approximate surface area is 117 Å². The average Bonchev–Trinajstić information content (AvgIpc) is 2.59. The molecule has 1 aromatic carbocycles. The van der Waals surface area contributed by atoms with E-state index in [9.17, 15) is 14.4 Å². The quantitative estimate of drug-likeness (QED) is 0.841. The fraction of sp³-hybridized carbons (Fsp3) is 0.400. The molecule has 1 aliphatic heterocycles. The summed E-state index contributed by atoms with van der Waals surface area (Å²) in [4.78, 5) is 36.9. The van der Waals surface area contributed by atoms with Gasteiger partial charge in [-0.1, -0.05) is 20.8 Å². The van der Waals surface area contributed by atoms with Gasteiger partial charge in [0.2, 0.25) is 0 Å². The Morgan fingerprint density at radius 2 is 1.70 bits per heavy atom. The number of carboxylic acids is 1. The van der Waals surface area contributed by atoms with E-state index in [4.69, 9.17) is 5.11 Å². The number of benzene rings is 1. The van der Waals surface area contributed by atoms with Crippen LogP contribution in [0.5, 0.6) is 0 Å². The summed E-state index contributed by atoms with van der Waals surface area (Å²) < 4.78 is 0. The van der Waals surface area contributed by atoms with Gasteiger partial charge in [-0.05, 0) is 30.5 Å². The van der Waals surface area contributed by atoms with Crippen molar-refractivity contribution >= 4 is 17.8 Å². The van der Waals surface area contributed by atoms with Gasteiger partial charge in [-0.25, -0.2) is 4.79 Å². The third-order valence-corrected chi connectivity index (χ3v) is 3.81. The van der Waals surface area contributed by atoms with Gasteiger partial charge in [-0.3, -0.25) is 14.5 Å². The highest BCUT2D eigenvalue weighted by molar-refractivity contribution is 6.22. The number of carbonyl (C=O) groups is 3. The van der Waals surface area contributed by atoms with Gasteiger partial charge in [0.25, 0.3) is 11.8 Å². The van der Waals surface area contributed by atoms with Crippen LogP contribution < -0.4 is 0 Å². The van der Waals surface area contributed by atoms with Crippen molar-refractivity contribution in [2.24, 2.45) is 5.41 Å². The third-order valence-electron chi connectivity index (χ3n) is 3.81. The Balaban J connectivity index is 2.48. The van der Waals surface area contributed by atoms with E-state index in [1.807, 2.05) is 27.7 Å². The molecule has 5 heteroatoms. The van der Waals surface area contributed by atoms with E-state index in [1.165, 1.54) is 23.1 Å². The minimum absolute atomic E-state index is 0.00941. The van der Waals surface area contributed by atoms with E-state index in [0.717, 1.165) is 0 Å². The highest BCUT2D eigenvalue weighted by Gasteiger charge is 2.42. The van der Waals surface area contributed by atoms with Gasteiger partial charge in [-0.15, -0.1) is 0 Å². The van der Waals surface area contributed by atoms with Crippen LogP contribution in [0.4, 0.5) is 0 Å². The topological polar surface area (TPSA) is 74.7 Å². The fourth-order valence-corrected chi connectivity index (χ4v) is 2.13. The minimum Gasteiger partial charge on any atom is -0.478 e. The van der Waals surface area contributed by atoms with Crippen molar-refractivity contribution in [3.05, 3.63) is 34.9 Å². The molecule has 0 aliphatic carbocycles. The van der Waals surface area contributed by atoms with Crippen LogP contribution in [-0.2, 0) is 0 Å². The van der Waals surface area contributed by atoms with Crippen LogP contribution in [0.3, 0.4) is 0 Å². The second-order valence-corrected chi connectivity index (χ2v) is 6.09. The summed E-state index contributed by atoms with van der Waals surface area (Å²) in [6.07, 6.45) is 0. The molecule has 0 saturated carbocycles. The maximum Gasteiger partial charge on any atom is 0.335 e. The van der Waals surface area contributed by atoms with Crippen LogP contribution in [-0.4, -0.2) is 33.8 Å². The molecule has 2 amide bonds. The van der Waals surface area contributed by atoms with Crippen molar-refractivity contribution in [1.82, 2.24) is 4.90 Å². The average molecular weight is 275 g/mol. The number of hydrogen-bond donors (Lipinski definition) is 1. The Morgan fingerprint density at radius 3 is 2.20 bits per heavy atom. The molecule has 2 rings (SSSR count). The Hall–Kier alpha value is -2.17. The number of carboxylic acid groups (broad SMARTS) is 1. The molecule has 1 heterocycles. The summed E-state index contributed by atoms with van der Waals surface area (Å²) in [5.41, 5.74) is 0.209. The van der Waals surface area contributed by atoms with Gasteiger partial charge < -0.3 is 5.11 Å². The number of fused-ring (bicyclic) bond motifs is 1. The lowest BCUT2D eigenvalue weighted by Gasteiger charge is -2.33. The zero-order valence-corrected chi connectivity index (χ0v) is 11.9. The maximum absolute atomic E-state index is 12.4. The van der Waals surface area contributed by atoms with E-state index in [-0.39, 0.29) is 34.1 Å². The van der Waals surface area contributed by atoms with Gasteiger partial charge in [-0.2, -0.15) is 0 Å². The smallest absolute Gasteiger partial charge is 0.335 e. The van der Waals surface area contributed by atoms with Gasteiger partial charge in [0, 0.05) is 6.04 Å². The number of aromatic carboxylic acids is 1. The van der Waals surface area contributed by atoms with E-state index >= 15 is 0 Å². The largest absolute Gasteiger partial charge is 0.478 e. The second kappa shape index (κ2) is 4.44. The zero-order chi connectivity index (χ0) is 15.2. The molecular weight excluding hydrogens is 258 g/mol. The van der Waals surface area contributed by atoms with E-state index in [2.05, 4.69) is 0 Å². The highest BCUT2D eigenvalue weighted by Crippen LogP contribution is 2.32. The number of carbonyl (C=O) groups excluding carboxylic acids is 2. The summed E-state index contributed by atoms with van der Waals surface area (Å²) >= 11 is 0. The van der Waals surface area contributed by atoms with Crippen molar-refractivity contribution in [3.8, 4) is 0 Å². The van der Waals surface area contributed by atoms with E-state index in [0.29, 0.717) is 0 Å². The molecule has 106 valence electrons. The van der Waals surface area contributed by atoms with Crippen molar-refractivity contribution in [2.45, 2.75) is 33.7 Å². The molecule has 0 bridgehead atoms. The van der Waals surface area contributed by atoms with Gasteiger partial charge >= 0.3 is 5.97 Å². The van der Waals surface area contributed by atoms with Crippen LogP contribution in [0, 0.1) is 5.41 Å². The van der Waals surface area contributed by atoms with Crippen molar-refractivity contribution in [1.29, 1.82) is 0 Å². The lowest BCUT2D eigenvalue weighted by Crippen LogP contribution is -2.45. The van der Waals surface area contributed by atoms with Crippen molar-refractivity contribution in [2.75, 3.05) is 0 Å². The number of amides is 2. The molecule has 0 fully saturated rings. The molecule has 1 aromatic rings. The standard InChI is InChI=1S/C15H17NO4/c1-8(15(2,3)4)16-12(17)10-6-5-9(14(19)20)7-11(10)13(16)18/h5-8H,1-4H3,(H,19,20). The fourth-order valence-electron chi connectivity index (χ4n) is 2.13. The van der Waals surface area contributed by atoms with Crippen LogP contribution in [0.25, 0.3) is 0 Å². The predicted molar refractivity (Wildman–Crippen MR) is 72.8 cm³/mol. The maximum atomic E-state index is 12.4.